The first kappa shape index (κ1) is 51.0. The van der Waals surface area contributed by atoms with Crippen molar-refractivity contribution in [1.82, 2.24) is 0 Å². The highest BCUT2D eigenvalue weighted by Gasteiger charge is 2.42. The van der Waals surface area contributed by atoms with Gasteiger partial charge in [-0.15, -0.1) is 0 Å². The Balaban J connectivity index is 1.73. The zero-order chi connectivity index (χ0) is 47.1. The van der Waals surface area contributed by atoms with Crippen LogP contribution in [0.15, 0.2) is 182 Å². The molecule has 0 saturated carbocycles. The Labute approximate surface area is 453 Å². The molecule has 6 atom stereocenters. The lowest BCUT2D eigenvalue weighted by atomic mass is 9.75. The Bertz CT molecular complexity index is 2350. The maximum atomic E-state index is 6.48. The zero-order valence-corrected chi connectivity index (χ0v) is 45.2. The van der Waals surface area contributed by atoms with Gasteiger partial charge in [0.2, 0.25) is 0 Å². The molecule has 330 valence electrons. The Hall–Kier alpha value is -2.82. The predicted octanol–water partition coefficient (Wildman–Crippen LogP) is 16.0. The van der Waals surface area contributed by atoms with Crippen LogP contribution in [0.1, 0.15) is 98.3 Å². The predicted molar refractivity (Wildman–Crippen MR) is 326 cm³/mol. The van der Waals surface area contributed by atoms with Crippen LogP contribution in [0.4, 0.5) is 0 Å². The summed E-state index contributed by atoms with van der Waals surface area (Å²) in [6.07, 6.45) is 0. The molecule has 0 spiro atoms. The van der Waals surface area contributed by atoms with Crippen molar-refractivity contribution in [3.8, 4) is 0 Å². The highest BCUT2D eigenvalue weighted by molar-refractivity contribution is 7.89. The van der Waals surface area contributed by atoms with Crippen molar-refractivity contribution in [3.05, 3.63) is 249 Å². The minimum absolute atomic E-state index is 0.563. The van der Waals surface area contributed by atoms with Crippen molar-refractivity contribution in [2.75, 3.05) is 0 Å². The minimum atomic E-state index is -0.767. The van der Waals surface area contributed by atoms with Gasteiger partial charge in [0.15, 0.2) is 0 Å². The zero-order valence-electron chi connectivity index (χ0n) is 34.9. The summed E-state index contributed by atoms with van der Waals surface area (Å²) in [5, 5.41) is -4.60. The second kappa shape index (κ2) is 23.7. The Kier molecular flexibility index (Phi) is 18.3. The van der Waals surface area contributed by atoms with E-state index in [0.717, 1.165) is 33.4 Å². The molecule has 7 aromatic rings. The van der Waals surface area contributed by atoms with Gasteiger partial charge in [-0.2, -0.15) is 75.8 Å². The fourth-order valence-electron chi connectivity index (χ4n) is 7.99. The van der Waals surface area contributed by atoms with Crippen molar-refractivity contribution in [2.45, 2.75) is 31.5 Å². The van der Waals surface area contributed by atoms with Gasteiger partial charge in [0.1, 0.15) is 0 Å². The van der Waals surface area contributed by atoms with Gasteiger partial charge >= 0.3 is 0 Å². The van der Waals surface area contributed by atoms with Gasteiger partial charge in [-0.3, -0.25) is 0 Å². The van der Waals surface area contributed by atoms with Gasteiger partial charge in [-0.1, -0.05) is 255 Å². The molecule has 7 aromatic carbocycles. The van der Waals surface area contributed by atoms with E-state index < -0.39 is 31.5 Å². The summed E-state index contributed by atoms with van der Waals surface area (Å²) in [5.74, 6) is 0. The van der Waals surface area contributed by atoms with Gasteiger partial charge in [-0.25, -0.2) is 0 Å². The Morgan fingerprint density at radius 1 is 0.212 bits per heavy atom. The van der Waals surface area contributed by atoms with Crippen molar-refractivity contribution in [2.24, 2.45) is 0 Å². The molecule has 0 aliphatic rings. The maximum Gasteiger partial charge on any atom is 0.0631 e. The van der Waals surface area contributed by atoms with Gasteiger partial charge in [0.25, 0.3) is 0 Å². The van der Waals surface area contributed by atoms with E-state index in [9.17, 15) is 0 Å². The second-order valence-corrected chi connectivity index (χ2v) is 21.0. The SMILES string of the molecule is S=C(c1ccccc1)C(S)c1c(C(S)C(=S)c2ccccc2)c(C(S)C(=S)c2ccccc2)c(C(S)C(=S)c2ccccc2)c(C(S)C(=S)c2ccccc2)c1C(S)C(=S)c1ccccc1. The standard InChI is InChI=1S/C54H42S12/c55-43(31-19-7-1-8-20-31)49(61)37-38(50(62)44(56)32-21-9-2-10-22-32)40(52(64)46(58)34-25-13-4-14-26-34)42(54(66)48(60)36-29-17-6-18-30-36)41(53(65)47(59)35-27-15-5-16-28-35)39(37)51(63)45(57)33-23-11-3-12-24-33/h1-30,49-54,61-66H. The summed E-state index contributed by atoms with van der Waals surface area (Å²) in [7, 11) is 0. The third kappa shape index (κ3) is 11.1. The van der Waals surface area contributed by atoms with Crippen LogP contribution in [0.5, 0.6) is 0 Å². The van der Waals surface area contributed by atoms with Crippen molar-refractivity contribution in [3.63, 3.8) is 0 Å². The lowest BCUT2D eigenvalue weighted by Gasteiger charge is -2.38. The molecule has 0 radical (unpaired) electrons. The molecular formula is C54H42S12. The first-order chi connectivity index (χ1) is 31.8. The molecule has 0 heterocycles. The van der Waals surface area contributed by atoms with Crippen LogP contribution in [0.2, 0.25) is 0 Å². The molecule has 0 aliphatic carbocycles. The van der Waals surface area contributed by atoms with E-state index in [2.05, 4.69) is 0 Å². The number of benzene rings is 7. The number of thiocarbonyl (C=S) groups is 6. The Morgan fingerprint density at radius 3 is 0.424 bits per heavy atom. The fourth-order valence-corrected chi connectivity index (χ4v) is 12.1. The monoisotopic (exact) mass is 1070 g/mol. The number of thiol groups is 6. The van der Waals surface area contributed by atoms with E-state index in [0.29, 0.717) is 62.6 Å². The molecule has 0 amide bonds. The first-order valence-electron chi connectivity index (χ1n) is 20.7. The number of rotatable bonds is 18. The molecule has 0 saturated heterocycles. The normalized spacial score (nSPS) is 13.9. The summed E-state index contributed by atoms with van der Waals surface area (Å²) in [4.78, 5) is 3.38. The topological polar surface area (TPSA) is 0 Å². The van der Waals surface area contributed by atoms with E-state index in [1.54, 1.807) is 0 Å². The van der Waals surface area contributed by atoms with Crippen LogP contribution in [-0.2, 0) is 0 Å². The number of hydrogen-bond acceptors (Lipinski definition) is 12. The fraction of sp³-hybridized carbons (Fsp3) is 0.111. The maximum absolute atomic E-state index is 6.48. The van der Waals surface area contributed by atoms with Crippen LogP contribution in [0.25, 0.3) is 0 Å². The van der Waals surface area contributed by atoms with E-state index in [1.165, 1.54) is 0 Å². The van der Waals surface area contributed by atoms with Crippen LogP contribution < -0.4 is 0 Å². The van der Waals surface area contributed by atoms with Crippen molar-refractivity contribution < 1.29 is 0 Å². The molecule has 0 aliphatic heterocycles. The quantitative estimate of drug-likeness (QED) is 0.0286. The molecule has 0 aromatic heterocycles. The largest absolute Gasteiger partial charge is 0.165 e. The molecule has 0 nitrogen and oxygen atoms in total. The third-order valence-corrected chi connectivity index (χ3v) is 18.2. The summed E-state index contributed by atoms with van der Waals surface area (Å²) >= 11 is 72.3. The van der Waals surface area contributed by atoms with E-state index in [1.807, 2.05) is 182 Å². The molecule has 0 N–H and O–H groups in total. The third-order valence-electron chi connectivity index (χ3n) is 11.2. The highest BCUT2D eigenvalue weighted by atomic mass is 32.1. The lowest BCUT2D eigenvalue weighted by molar-refractivity contribution is 0.999. The van der Waals surface area contributed by atoms with E-state index >= 15 is 0 Å². The summed E-state index contributed by atoms with van der Waals surface area (Å²) < 4.78 is 0. The average molecular weight is 1080 g/mol. The summed E-state index contributed by atoms with van der Waals surface area (Å²) in [6, 6.07) is 59.1. The first-order valence-corrected chi connectivity index (χ1v) is 26.3. The van der Waals surface area contributed by atoms with Gasteiger partial charge in [-0.05, 0) is 66.8 Å². The van der Waals surface area contributed by atoms with Crippen LogP contribution in [0, 0.1) is 0 Å². The van der Waals surface area contributed by atoms with Gasteiger partial charge in [0, 0.05) is 29.2 Å². The van der Waals surface area contributed by atoms with Crippen LogP contribution in [0.3, 0.4) is 0 Å². The molecule has 66 heavy (non-hydrogen) atoms. The molecule has 0 fully saturated rings. The second-order valence-electron chi connectivity index (χ2n) is 15.3. The molecule has 7 rings (SSSR count). The Morgan fingerprint density at radius 2 is 0.318 bits per heavy atom. The number of hydrogen-bond donors (Lipinski definition) is 6. The van der Waals surface area contributed by atoms with Crippen LogP contribution in [-0.4, -0.2) is 29.2 Å². The van der Waals surface area contributed by atoms with Gasteiger partial charge < -0.3 is 0 Å². The lowest BCUT2D eigenvalue weighted by Crippen LogP contribution is -2.28. The summed E-state index contributed by atoms with van der Waals surface area (Å²) in [6.45, 7) is 0. The molecule has 12 heteroatoms. The summed E-state index contributed by atoms with van der Waals surface area (Å²) in [5.41, 5.74) is 9.14. The van der Waals surface area contributed by atoms with Crippen molar-refractivity contribution >= 4 is 178 Å². The molecule has 6 unspecified atom stereocenters. The highest BCUT2D eigenvalue weighted by Crippen LogP contribution is 2.54. The smallest absolute Gasteiger partial charge is 0.0631 e. The van der Waals surface area contributed by atoms with Gasteiger partial charge in [0.05, 0.1) is 31.5 Å². The average Bonchev–Trinajstić information content (AvgIpc) is 3.38. The minimum Gasteiger partial charge on any atom is -0.165 e. The molecular weight excluding hydrogens is 1030 g/mol. The van der Waals surface area contributed by atoms with Crippen molar-refractivity contribution in [1.29, 1.82) is 0 Å². The van der Waals surface area contributed by atoms with Crippen LogP contribution >= 0.6 is 149 Å². The molecule has 0 bridgehead atoms. The van der Waals surface area contributed by atoms with E-state index in [4.69, 9.17) is 149 Å². The van der Waals surface area contributed by atoms with E-state index in [-0.39, 0.29) is 0 Å².